The molecule has 1 fully saturated rings. The van der Waals surface area contributed by atoms with E-state index in [2.05, 4.69) is 5.32 Å². The summed E-state index contributed by atoms with van der Waals surface area (Å²) in [6, 6.07) is 2.91. The summed E-state index contributed by atoms with van der Waals surface area (Å²) in [7, 11) is 0. The molecule has 0 aliphatic heterocycles. The van der Waals surface area contributed by atoms with Gasteiger partial charge in [-0.2, -0.15) is 0 Å². The van der Waals surface area contributed by atoms with Crippen molar-refractivity contribution in [3.63, 3.8) is 0 Å². The first-order valence-electron chi connectivity index (χ1n) is 5.84. The van der Waals surface area contributed by atoms with Crippen molar-refractivity contribution in [1.29, 1.82) is 0 Å². The Labute approximate surface area is 104 Å². The van der Waals surface area contributed by atoms with Crippen LogP contribution in [-0.2, 0) is 11.3 Å². The van der Waals surface area contributed by atoms with Crippen molar-refractivity contribution in [1.82, 2.24) is 5.32 Å². The van der Waals surface area contributed by atoms with Crippen molar-refractivity contribution in [3.8, 4) is 0 Å². The molecule has 1 aliphatic carbocycles. The maximum absolute atomic E-state index is 11.6. The van der Waals surface area contributed by atoms with Crippen LogP contribution in [0.1, 0.15) is 36.1 Å². The van der Waals surface area contributed by atoms with Gasteiger partial charge in [0.1, 0.15) is 5.76 Å². The first-order chi connectivity index (χ1) is 8.56. The van der Waals surface area contributed by atoms with Gasteiger partial charge in [0.25, 0.3) is 0 Å². The molecule has 0 spiro atoms. The molecule has 2 rings (SSSR count). The largest absolute Gasteiger partial charge is 0.475 e. The fourth-order valence-corrected chi connectivity index (χ4v) is 1.68. The third-order valence-electron chi connectivity index (χ3n) is 2.89. The molecule has 1 aromatic heterocycles. The second-order valence-corrected chi connectivity index (χ2v) is 4.45. The lowest BCUT2D eigenvalue weighted by Crippen LogP contribution is -2.20. The highest BCUT2D eigenvalue weighted by Crippen LogP contribution is 2.35. The van der Waals surface area contributed by atoms with E-state index in [0.29, 0.717) is 11.7 Å². The van der Waals surface area contributed by atoms with E-state index in [1.54, 1.807) is 12.1 Å². The highest BCUT2D eigenvalue weighted by atomic mass is 16.4. The van der Waals surface area contributed by atoms with Crippen LogP contribution in [0.5, 0.6) is 0 Å². The number of carboxylic acid groups (broad SMARTS) is 1. The maximum atomic E-state index is 11.6. The number of amides is 1. The monoisotopic (exact) mass is 249 g/mol. The summed E-state index contributed by atoms with van der Waals surface area (Å²) >= 11 is 0. The van der Waals surface area contributed by atoms with Crippen LogP contribution in [0.2, 0.25) is 0 Å². The van der Waals surface area contributed by atoms with Gasteiger partial charge in [-0.3, -0.25) is 4.79 Å². The lowest BCUT2D eigenvalue weighted by molar-refractivity contribution is -0.116. The summed E-state index contributed by atoms with van der Waals surface area (Å²) < 4.78 is 5.03. The lowest BCUT2D eigenvalue weighted by Gasteiger charge is -2.00. The summed E-state index contributed by atoms with van der Waals surface area (Å²) in [6.45, 7) is 2.15. The van der Waals surface area contributed by atoms with E-state index in [9.17, 15) is 9.59 Å². The Kier molecular flexibility index (Phi) is 3.50. The van der Waals surface area contributed by atoms with Crippen molar-refractivity contribution in [2.24, 2.45) is 5.92 Å². The minimum absolute atomic E-state index is 0.121. The summed E-state index contributed by atoms with van der Waals surface area (Å²) in [5.41, 5.74) is 1.10. The Morgan fingerprint density at radius 2 is 2.22 bits per heavy atom. The van der Waals surface area contributed by atoms with Gasteiger partial charge in [-0.25, -0.2) is 4.79 Å². The molecule has 0 radical (unpaired) electrons. The molecule has 1 aliphatic rings. The highest BCUT2D eigenvalue weighted by molar-refractivity contribution is 5.88. The number of aromatic carboxylic acids is 1. The van der Waals surface area contributed by atoms with E-state index in [0.717, 1.165) is 18.4 Å². The molecule has 0 aromatic carbocycles. The van der Waals surface area contributed by atoms with Crippen LogP contribution in [0.3, 0.4) is 0 Å². The molecule has 96 valence electrons. The van der Waals surface area contributed by atoms with Gasteiger partial charge < -0.3 is 14.8 Å². The van der Waals surface area contributed by atoms with Crippen LogP contribution in [0.4, 0.5) is 0 Å². The third kappa shape index (κ3) is 3.23. The zero-order valence-corrected chi connectivity index (χ0v) is 10.1. The average Bonchev–Trinajstić information content (AvgIpc) is 3.05. The fraction of sp³-hybridized carbons (Fsp3) is 0.385. The number of carboxylic acids is 1. The number of hydrogen-bond acceptors (Lipinski definition) is 3. The molecule has 0 atom stereocenters. The Hall–Kier alpha value is -2.04. The molecule has 1 amide bonds. The van der Waals surface area contributed by atoms with Gasteiger partial charge >= 0.3 is 5.97 Å². The molecule has 5 heteroatoms. The second-order valence-electron chi connectivity index (χ2n) is 4.45. The van der Waals surface area contributed by atoms with Crippen molar-refractivity contribution >= 4 is 11.9 Å². The Balaban J connectivity index is 1.84. The van der Waals surface area contributed by atoms with E-state index < -0.39 is 5.97 Å². The first kappa shape index (κ1) is 12.4. The lowest BCUT2D eigenvalue weighted by atomic mass is 10.2. The molecule has 0 bridgehead atoms. The van der Waals surface area contributed by atoms with Gasteiger partial charge in [-0.1, -0.05) is 5.57 Å². The van der Waals surface area contributed by atoms with Gasteiger partial charge in [0.2, 0.25) is 11.7 Å². The average molecular weight is 249 g/mol. The number of hydrogen-bond donors (Lipinski definition) is 2. The molecule has 1 saturated carbocycles. The van der Waals surface area contributed by atoms with Crippen LogP contribution in [0, 0.1) is 5.92 Å². The quantitative estimate of drug-likeness (QED) is 0.782. The molecule has 18 heavy (non-hydrogen) atoms. The predicted molar refractivity (Wildman–Crippen MR) is 64.0 cm³/mol. The number of carbonyl (C=O) groups is 2. The Morgan fingerprint density at radius 3 is 2.78 bits per heavy atom. The summed E-state index contributed by atoms with van der Waals surface area (Å²) in [6.07, 6.45) is 3.92. The predicted octanol–water partition coefficient (Wildman–Crippen LogP) is 1.95. The zero-order valence-electron chi connectivity index (χ0n) is 10.1. The summed E-state index contributed by atoms with van der Waals surface area (Å²) in [5.74, 6) is -0.412. The zero-order chi connectivity index (χ0) is 13.1. The minimum Gasteiger partial charge on any atom is -0.475 e. The normalized spacial score (nSPS) is 15.5. The van der Waals surface area contributed by atoms with Gasteiger partial charge in [-0.05, 0) is 37.8 Å². The molecule has 1 heterocycles. The minimum atomic E-state index is -1.11. The van der Waals surface area contributed by atoms with Gasteiger partial charge in [0.05, 0.1) is 6.54 Å². The van der Waals surface area contributed by atoms with Crippen LogP contribution in [-0.4, -0.2) is 17.0 Å². The highest BCUT2D eigenvalue weighted by Gasteiger charge is 2.23. The van der Waals surface area contributed by atoms with Gasteiger partial charge in [0.15, 0.2) is 0 Å². The van der Waals surface area contributed by atoms with Crippen LogP contribution in [0.15, 0.2) is 28.2 Å². The van der Waals surface area contributed by atoms with E-state index in [1.807, 2.05) is 6.92 Å². The molecule has 1 aromatic rings. The number of allylic oxidation sites excluding steroid dienone is 1. The summed E-state index contributed by atoms with van der Waals surface area (Å²) in [5, 5.41) is 11.3. The van der Waals surface area contributed by atoms with Gasteiger partial charge in [0, 0.05) is 6.08 Å². The van der Waals surface area contributed by atoms with E-state index in [1.165, 1.54) is 6.07 Å². The van der Waals surface area contributed by atoms with E-state index in [-0.39, 0.29) is 18.2 Å². The standard InChI is InChI=1S/C13H15NO4/c1-8(9-2-3-9)6-12(15)14-7-10-4-5-11(18-10)13(16)17/h4-6,9H,2-3,7H2,1H3,(H,14,15)(H,16,17)/b8-6+. The van der Waals surface area contributed by atoms with Crippen molar-refractivity contribution < 1.29 is 19.1 Å². The fourth-order valence-electron chi connectivity index (χ4n) is 1.68. The molecule has 0 saturated heterocycles. The Morgan fingerprint density at radius 1 is 1.50 bits per heavy atom. The number of nitrogens with one attached hydrogen (secondary N) is 1. The van der Waals surface area contributed by atoms with Crippen LogP contribution >= 0.6 is 0 Å². The van der Waals surface area contributed by atoms with E-state index in [4.69, 9.17) is 9.52 Å². The molecule has 2 N–H and O–H groups in total. The Bertz CT molecular complexity index is 497. The summed E-state index contributed by atoms with van der Waals surface area (Å²) in [4.78, 5) is 22.1. The molecular weight excluding hydrogens is 234 g/mol. The maximum Gasteiger partial charge on any atom is 0.371 e. The number of rotatable bonds is 5. The molecule has 5 nitrogen and oxygen atoms in total. The van der Waals surface area contributed by atoms with Crippen molar-refractivity contribution in [2.45, 2.75) is 26.3 Å². The van der Waals surface area contributed by atoms with Gasteiger partial charge in [-0.15, -0.1) is 0 Å². The molecular formula is C13H15NO4. The topological polar surface area (TPSA) is 79.5 Å². The SMILES string of the molecule is C/C(=C\C(=O)NCc1ccc(C(=O)O)o1)C1CC1. The number of furan rings is 1. The third-order valence-corrected chi connectivity index (χ3v) is 2.89. The van der Waals surface area contributed by atoms with E-state index >= 15 is 0 Å². The smallest absolute Gasteiger partial charge is 0.371 e. The van der Waals surface area contributed by atoms with Crippen LogP contribution < -0.4 is 5.32 Å². The van der Waals surface area contributed by atoms with Crippen LogP contribution in [0.25, 0.3) is 0 Å². The van der Waals surface area contributed by atoms with Crippen molar-refractivity contribution in [2.75, 3.05) is 0 Å². The second kappa shape index (κ2) is 5.08. The molecule has 0 unspecified atom stereocenters. The first-order valence-corrected chi connectivity index (χ1v) is 5.84. The number of carbonyl (C=O) groups excluding carboxylic acids is 1. The van der Waals surface area contributed by atoms with Crippen molar-refractivity contribution in [3.05, 3.63) is 35.3 Å².